The van der Waals surface area contributed by atoms with Gasteiger partial charge in [-0.2, -0.15) is 0 Å². The zero-order valence-electron chi connectivity index (χ0n) is 9.86. The van der Waals surface area contributed by atoms with Crippen LogP contribution >= 0.6 is 0 Å². The van der Waals surface area contributed by atoms with Crippen molar-refractivity contribution in [1.82, 2.24) is 0 Å². The summed E-state index contributed by atoms with van der Waals surface area (Å²) in [6, 6.07) is 8.48. The van der Waals surface area contributed by atoms with Crippen LogP contribution in [0.25, 0.3) is 0 Å². The van der Waals surface area contributed by atoms with Gasteiger partial charge in [0, 0.05) is 6.04 Å². The normalized spacial score (nSPS) is 14.7. The molecule has 1 rings (SSSR count). The molecule has 0 aromatic heterocycles. The van der Waals surface area contributed by atoms with Gasteiger partial charge in [0.2, 0.25) is 0 Å². The molecule has 0 saturated carbocycles. The van der Waals surface area contributed by atoms with Crippen LogP contribution < -0.4 is 10.5 Å². The Morgan fingerprint density at radius 2 is 1.73 bits per heavy atom. The second-order valence-electron chi connectivity index (χ2n) is 3.86. The van der Waals surface area contributed by atoms with Crippen LogP contribution in [-0.4, -0.2) is 13.2 Å². The van der Waals surface area contributed by atoms with E-state index in [9.17, 15) is 0 Å². The fourth-order valence-corrected chi connectivity index (χ4v) is 1.92. The van der Waals surface area contributed by atoms with E-state index < -0.39 is 0 Å². The van der Waals surface area contributed by atoms with Gasteiger partial charge in [-0.15, -0.1) is 0 Å². The van der Waals surface area contributed by atoms with Crippen molar-refractivity contribution in [3.63, 3.8) is 0 Å². The molecular formula is C13H21NO. The summed E-state index contributed by atoms with van der Waals surface area (Å²) < 4.78 is 5.14. The highest BCUT2D eigenvalue weighted by atomic mass is 16.5. The Labute approximate surface area is 92.4 Å². The number of hydrogen-bond donors (Lipinski definition) is 1. The van der Waals surface area contributed by atoms with E-state index >= 15 is 0 Å². The lowest BCUT2D eigenvalue weighted by molar-refractivity contribution is 0.414. The fourth-order valence-electron chi connectivity index (χ4n) is 1.92. The van der Waals surface area contributed by atoms with Gasteiger partial charge in [-0.05, 0) is 36.5 Å². The van der Waals surface area contributed by atoms with E-state index in [1.54, 1.807) is 7.11 Å². The Kier molecular flexibility index (Phi) is 4.63. The highest BCUT2D eigenvalue weighted by molar-refractivity contribution is 5.30. The summed E-state index contributed by atoms with van der Waals surface area (Å²) in [5.41, 5.74) is 7.41. The first kappa shape index (κ1) is 12.1. The highest BCUT2D eigenvalue weighted by Gasteiger charge is 2.16. The third kappa shape index (κ3) is 2.96. The number of benzene rings is 1. The maximum Gasteiger partial charge on any atom is 0.118 e. The molecule has 2 nitrogen and oxygen atoms in total. The minimum Gasteiger partial charge on any atom is -0.497 e. The topological polar surface area (TPSA) is 35.2 Å². The predicted octanol–water partition coefficient (Wildman–Crippen LogP) is 2.93. The van der Waals surface area contributed by atoms with Gasteiger partial charge in [-0.25, -0.2) is 0 Å². The lowest BCUT2D eigenvalue weighted by atomic mass is 9.88. The first-order valence-electron chi connectivity index (χ1n) is 5.62. The third-order valence-corrected chi connectivity index (χ3v) is 2.97. The van der Waals surface area contributed by atoms with E-state index in [-0.39, 0.29) is 6.04 Å². The van der Waals surface area contributed by atoms with Gasteiger partial charge in [-0.1, -0.05) is 26.0 Å². The molecule has 0 heterocycles. The largest absolute Gasteiger partial charge is 0.497 e. The van der Waals surface area contributed by atoms with Crippen molar-refractivity contribution in [2.45, 2.75) is 38.6 Å². The highest BCUT2D eigenvalue weighted by Crippen LogP contribution is 2.25. The zero-order valence-corrected chi connectivity index (χ0v) is 9.86. The minimum atomic E-state index is 0.253. The van der Waals surface area contributed by atoms with E-state index in [1.165, 1.54) is 5.56 Å². The van der Waals surface area contributed by atoms with Gasteiger partial charge in [0.1, 0.15) is 5.75 Å². The van der Waals surface area contributed by atoms with E-state index in [0.717, 1.165) is 18.6 Å². The summed E-state index contributed by atoms with van der Waals surface area (Å²) in [5, 5.41) is 0. The monoisotopic (exact) mass is 207 g/mol. The molecular weight excluding hydrogens is 186 g/mol. The van der Waals surface area contributed by atoms with Gasteiger partial charge >= 0.3 is 0 Å². The Bertz CT molecular complexity index is 281. The summed E-state index contributed by atoms with van der Waals surface area (Å²) >= 11 is 0. The van der Waals surface area contributed by atoms with Crippen molar-refractivity contribution in [2.75, 3.05) is 7.11 Å². The first-order chi connectivity index (χ1) is 7.22. The summed E-state index contributed by atoms with van der Waals surface area (Å²) in [7, 11) is 1.68. The van der Waals surface area contributed by atoms with E-state index in [0.29, 0.717) is 5.92 Å². The molecule has 2 N–H and O–H groups in total. The number of methoxy groups -OCH3 is 1. The van der Waals surface area contributed by atoms with E-state index in [2.05, 4.69) is 26.0 Å². The Hall–Kier alpha value is -1.02. The van der Waals surface area contributed by atoms with E-state index in [4.69, 9.17) is 10.5 Å². The van der Waals surface area contributed by atoms with Crippen LogP contribution in [0, 0.1) is 0 Å². The van der Waals surface area contributed by atoms with Gasteiger partial charge in [0.05, 0.1) is 7.11 Å². The molecule has 0 aliphatic heterocycles. The molecule has 0 saturated heterocycles. The van der Waals surface area contributed by atoms with E-state index in [1.807, 2.05) is 12.1 Å². The average Bonchev–Trinajstić information content (AvgIpc) is 2.30. The van der Waals surface area contributed by atoms with Crippen LogP contribution in [0.15, 0.2) is 24.3 Å². The van der Waals surface area contributed by atoms with Gasteiger partial charge in [0.15, 0.2) is 0 Å². The second-order valence-corrected chi connectivity index (χ2v) is 3.86. The standard InChI is InChI=1S/C13H21NO/c1-4-12(13(14)5-2)10-6-8-11(15-3)9-7-10/h6-9,12-13H,4-5,14H2,1-3H3. The molecule has 0 fully saturated rings. The Morgan fingerprint density at radius 3 is 2.13 bits per heavy atom. The summed E-state index contributed by atoms with van der Waals surface area (Å²) in [4.78, 5) is 0. The molecule has 0 aliphatic carbocycles. The van der Waals surface area contributed by atoms with Crippen LogP contribution in [0.3, 0.4) is 0 Å². The third-order valence-electron chi connectivity index (χ3n) is 2.97. The van der Waals surface area contributed by atoms with Crippen molar-refractivity contribution < 1.29 is 4.74 Å². The zero-order chi connectivity index (χ0) is 11.3. The van der Waals surface area contributed by atoms with Gasteiger partial charge in [0.25, 0.3) is 0 Å². The summed E-state index contributed by atoms with van der Waals surface area (Å²) in [5.74, 6) is 1.36. The maximum atomic E-state index is 6.10. The van der Waals surface area contributed by atoms with Crippen LogP contribution in [0.1, 0.15) is 38.2 Å². The second kappa shape index (κ2) is 5.76. The van der Waals surface area contributed by atoms with Crippen LogP contribution in [-0.2, 0) is 0 Å². The Morgan fingerprint density at radius 1 is 1.13 bits per heavy atom. The molecule has 1 aromatic rings. The summed E-state index contributed by atoms with van der Waals surface area (Å²) in [6.45, 7) is 4.32. The summed E-state index contributed by atoms with van der Waals surface area (Å²) in [6.07, 6.45) is 2.10. The van der Waals surface area contributed by atoms with Crippen LogP contribution in [0.4, 0.5) is 0 Å². The molecule has 0 spiro atoms. The molecule has 0 aliphatic rings. The van der Waals surface area contributed by atoms with Crippen molar-refractivity contribution in [3.8, 4) is 5.75 Å². The molecule has 0 radical (unpaired) electrons. The lowest BCUT2D eigenvalue weighted by Crippen LogP contribution is -2.27. The molecule has 84 valence electrons. The first-order valence-corrected chi connectivity index (χ1v) is 5.62. The van der Waals surface area contributed by atoms with Gasteiger partial charge < -0.3 is 10.5 Å². The average molecular weight is 207 g/mol. The van der Waals surface area contributed by atoms with Crippen LogP contribution in [0.5, 0.6) is 5.75 Å². The van der Waals surface area contributed by atoms with Crippen molar-refractivity contribution >= 4 is 0 Å². The van der Waals surface area contributed by atoms with Gasteiger partial charge in [-0.3, -0.25) is 0 Å². The molecule has 0 amide bonds. The molecule has 2 atom stereocenters. The Balaban J connectivity index is 2.83. The SMILES string of the molecule is CCC(N)C(CC)c1ccc(OC)cc1. The van der Waals surface area contributed by atoms with Crippen molar-refractivity contribution in [1.29, 1.82) is 0 Å². The number of hydrogen-bond acceptors (Lipinski definition) is 2. The molecule has 0 bridgehead atoms. The van der Waals surface area contributed by atoms with Crippen LogP contribution in [0.2, 0.25) is 0 Å². The molecule has 1 aromatic carbocycles. The smallest absolute Gasteiger partial charge is 0.118 e. The van der Waals surface area contributed by atoms with Crippen molar-refractivity contribution in [2.24, 2.45) is 5.73 Å². The number of ether oxygens (including phenoxy) is 1. The lowest BCUT2D eigenvalue weighted by Gasteiger charge is -2.21. The molecule has 15 heavy (non-hydrogen) atoms. The minimum absolute atomic E-state index is 0.253. The molecule has 2 heteroatoms. The number of rotatable bonds is 5. The quantitative estimate of drug-likeness (QED) is 0.805. The fraction of sp³-hybridized carbons (Fsp3) is 0.538. The van der Waals surface area contributed by atoms with Crippen molar-refractivity contribution in [3.05, 3.63) is 29.8 Å². The maximum absolute atomic E-state index is 6.10. The predicted molar refractivity (Wildman–Crippen MR) is 64.3 cm³/mol. The molecule has 2 unspecified atom stereocenters. The number of nitrogens with two attached hydrogens (primary N) is 1.